The van der Waals surface area contributed by atoms with Crippen LogP contribution in [0.2, 0.25) is 4.34 Å². The Morgan fingerprint density at radius 3 is 2.28 bits per heavy atom. The molecule has 0 bridgehead atoms. The highest BCUT2D eigenvalue weighted by atomic mass is 35.5. The Balaban J connectivity index is 1.41. The van der Waals surface area contributed by atoms with Crippen molar-refractivity contribution in [3.63, 3.8) is 0 Å². The van der Waals surface area contributed by atoms with Crippen LogP contribution < -0.4 is 10.1 Å². The molecular weight excluding hydrogens is 650 g/mol. The Morgan fingerprint density at radius 2 is 1.67 bits per heavy atom. The van der Waals surface area contributed by atoms with Crippen LogP contribution in [0, 0.1) is 0 Å². The molecule has 1 fully saturated rings. The number of carbonyl (C=O) groups is 1. The van der Waals surface area contributed by atoms with Gasteiger partial charge >= 0.3 is 18.4 Å². The predicted molar refractivity (Wildman–Crippen MR) is 144 cm³/mol. The highest BCUT2D eigenvalue weighted by molar-refractivity contribution is 7.91. The molecule has 1 amide bonds. The molecule has 0 aliphatic carbocycles. The molecule has 1 aromatic carbocycles. The Morgan fingerprint density at radius 1 is 1.02 bits per heavy atom. The van der Waals surface area contributed by atoms with Crippen molar-refractivity contribution in [1.29, 1.82) is 0 Å². The van der Waals surface area contributed by atoms with Gasteiger partial charge in [0.25, 0.3) is 10.0 Å². The van der Waals surface area contributed by atoms with Crippen LogP contribution in [0.15, 0.2) is 46.8 Å². The van der Waals surface area contributed by atoms with E-state index >= 15 is 0 Å². The largest absolute Gasteiger partial charge is 0.433 e. The Hall–Kier alpha value is -3.45. The normalized spacial score (nSPS) is 15.6. The van der Waals surface area contributed by atoms with E-state index in [1.54, 1.807) is 0 Å². The van der Waals surface area contributed by atoms with Crippen LogP contribution in [0.4, 0.5) is 36.8 Å². The summed E-state index contributed by atoms with van der Waals surface area (Å²) in [5.41, 5.74) is -3.45. The van der Waals surface area contributed by atoms with Crippen molar-refractivity contribution < 1.29 is 44.3 Å². The van der Waals surface area contributed by atoms with Crippen LogP contribution in [0.25, 0.3) is 16.9 Å². The minimum atomic E-state index is -4.97. The molecule has 4 aromatic rings. The van der Waals surface area contributed by atoms with Crippen LogP contribution in [-0.2, 0) is 22.4 Å². The van der Waals surface area contributed by atoms with E-state index in [9.17, 15) is 39.6 Å². The highest BCUT2D eigenvalue weighted by Gasteiger charge is 2.36. The average Bonchev–Trinajstić information content (AvgIpc) is 3.50. The van der Waals surface area contributed by atoms with Gasteiger partial charge in [-0.15, -0.1) is 11.3 Å². The molecule has 1 saturated heterocycles. The topological polar surface area (TPSA) is 109 Å². The summed E-state index contributed by atoms with van der Waals surface area (Å²) in [5, 5.41) is 5.87. The molecule has 19 heteroatoms. The zero-order valence-electron chi connectivity index (χ0n) is 21.7. The van der Waals surface area contributed by atoms with E-state index < -0.39 is 51.1 Å². The van der Waals surface area contributed by atoms with Crippen LogP contribution in [0.5, 0.6) is 5.75 Å². The Kier molecular flexibility index (Phi) is 8.10. The minimum absolute atomic E-state index is 0.0725. The van der Waals surface area contributed by atoms with Crippen molar-refractivity contribution in [2.24, 2.45) is 0 Å². The molecule has 1 N–H and O–H groups in total. The molecule has 5 rings (SSSR count). The van der Waals surface area contributed by atoms with E-state index in [1.165, 1.54) is 4.31 Å². The lowest BCUT2D eigenvalue weighted by Crippen LogP contribution is -2.46. The first-order valence-electron chi connectivity index (χ1n) is 12.1. The number of nitrogens with one attached hydrogen (secondary N) is 1. The van der Waals surface area contributed by atoms with Crippen molar-refractivity contribution in [3.8, 4) is 17.0 Å². The fourth-order valence-corrected chi connectivity index (χ4v) is 7.36. The summed E-state index contributed by atoms with van der Waals surface area (Å²) in [4.78, 5) is 18.7. The maximum absolute atomic E-state index is 13.9. The van der Waals surface area contributed by atoms with Gasteiger partial charge in [0.1, 0.15) is 8.55 Å². The third kappa shape index (κ3) is 6.42. The van der Waals surface area contributed by atoms with Gasteiger partial charge in [-0.1, -0.05) is 23.7 Å². The van der Waals surface area contributed by atoms with Crippen LogP contribution in [0.1, 0.15) is 11.3 Å². The molecule has 0 radical (unpaired) electrons. The second-order valence-electron chi connectivity index (χ2n) is 9.32. The first-order valence-corrected chi connectivity index (χ1v) is 14.8. The van der Waals surface area contributed by atoms with Gasteiger partial charge < -0.3 is 9.64 Å². The Bertz CT molecular complexity index is 1780. The quantitative estimate of drug-likeness (QED) is 0.272. The van der Waals surface area contributed by atoms with Crippen molar-refractivity contribution in [2.45, 2.75) is 16.6 Å². The number of piperazine rings is 1. The number of carbonyl (C=O) groups excluding carboxylic acids is 1. The number of halogens is 7. The highest BCUT2D eigenvalue weighted by Crippen LogP contribution is 2.38. The second kappa shape index (κ2) is 11.2. The number of hydrogen-bond donors (Lipinski definition) is 1. The van der Waals surface area contributed by atoms with E-state index in [-0.39, 0.29) is 38.6 Å². The maximum atomic E-state index is 13.9. The molecule has 3 aromatic heterocycles. The molecule has 0 unspecified atom stereocenters. The molecule has 230 valence electrons. The lowest BCUT2D eigenvalue weighted by molar-refractivity contribution is -0.142. The van der Waals surface area contributed by atoms with Gasteiger partial charge in [0, 0.05) is 31.7 Å². The summed E-state index contributed by atoms with van der Waals surface area (Å²) in [6.45, 7) is 1.57. The molecule has 10 nitrogen and oxygen atoms in total. The number of aromatic nitrogens is 3. The number of sulfonamides is 1. The van der Waals surface area contributed by atoms with E-state index in [2.05, 4.69) is 15.4 Å². The molecule has 43 heavy (non-hydrogen) atoms. The van der Waals surface area contributed by atoms with Gasteiger partial charge in [-0.05, 0) is 31.3 Å². The summed E-state index contributed by atoms with van der Waals surface area (Å²) in [6, 6.07) is 5.03. The third-order valence-corrected chi connectivity index (χ3v) is 10.1. The zero-order valence-corrected chi connectivity index (χ0v) is 24.1. The van der Waals surface area contributed by atoms with Gasteiger partial charge in [-0.25, -0.2) is 22.7 Å². The van der Waals surface area contributed by atoms with E-state index in [0.717, 1.165) is 24.4 Å². The smallest absolute Gasteiger partial charge is 0.404 e. The molecule has 0 atom stereocenters. The lowest BCUT2D eigenvalue weighted by atomic mass is 10.1. The SMILES string of the molecule is CN1CCN(S(=O)(=O)c2cc(NC(=O)Oc3cnn4c(C(F)(F)F)cc(-c5ccc(C(F)(F)F)cc5)nc34)c(Cl)s2)CC1. The van der Waals surface area contributed by atoms with Crippen LogP contribution in [0.3, 0.4) is 0 Å². The van der Waals surface area contributed by atoms with E-state index in [1.807, 2.05) is 11.9 Å². The maximum Gasteiger partial charge on any atom is 0.433 e. The number of hydrogen-bond acceptors (Lipinski definition) is 8. The summed E-state index contributed by atoms with van der Waals surface area (Å²) >= 11 is 6.87. The van der Waals surface area contributed by atoms with Crippen molar-refractivity contribution >= 4 is 50.4 Å². The van der Waals surface area contributed by atoms with Gasteiger partial charge in [-0.2, -0.15) is 35.7 Å². The zero-order chi connectivity index (χ0) is 31.3. The molecule has 1 aliphatic rings. The second-order valence-corrected chi connectivity index (χ2v) is 13.1. The summed E-state index contributed by atoms with van der Waals surface area (Å²) in [5.74, 6) is -0.520. The van der Waals surface area contributed by atoms with Crippen LogP contribution in [-0.4, -0.2) is 71.5 Å². The van der Waals surface area contributed by atoms with Gasteiger partial charge in [0.2, 0.25) is 0 Å². The Labute approximate surface area is 248 Å². The number of anilines is 1. The number of rotatable bonds is 5. The van der Waals surface area contributed by atoms with Gasteiger partial charge in [0.05, 0.1) is 23.1 Å². The molecule has 4 heterocycles. The number of amides is 1. The molecule has 1 aliphatic heterocycles. The first-order chi connectivity index (χ1) is 20.0. The van der Waals surface area contributed by atoms with E-state index in [4.69, 9.17) is 16.3 Å². The number of thiophene rings is 1. The first kappa shape index (κ1) is 31.0. The van der Waals surface area contributed by atoms with Gasteiger partial charge in [0.15, 0.2) is 17.1 Å². The van der Waals surface area contributed by atoms with Crippen molar-refractivity contribution in [3.05, 3.63) is 58.2 Å². The fourth-order valence-electron chi connectivity index (χ4n) is 4.15. The number of likely N-dealkylation sites (N-methyl/N-ethyl adjacent to an activating group) is 1. The molecule has 0 saturated carbocycles. The summed E-state index contributed by atoms with van der Waals surface area (Å²) < 4.78 is 113. The monoisotopic (exact) mass is 668 g/mol. The lowest BCUT2D eigenvalue weighted by Gasteiger charge is -2.31. The number of ether oxygens (including phenoxy) is 1. The number of alkyl halides is 6. The number of fused-ring (bicyclic) bond motifs is 1. The number of nitrogens with zero attached hydrogens (tertiary/aromatic N) is 5. The van der Waals surface area contributed by atoms with Gasteiger partial charge in [-0.3, -0.25) is 5.32 Å². The standard InChI is InChI=1S/C24H19ClF6N6O4S2/c1-35-6-8-36(9-7-35)43(39,40)19-11-16(20(25)42-19)34-22(38)41-17-12-32-37-18(24(29,30)31)10-15(33-21(17)37)13-2-4-14(5-3-13)23(26,27)28/h2-5,10-12H,6-9H2,1H3,(H,34,38). The van der Waals surface area contributed by atoms with Crippen molar-refractivity contribution in [1.82, 2.24) is 23.8 Å². The molecular formula is C24H19ClF6N6O4S2. The third-order valence-electron chi connectivity index (χ3n) is 6.40. The van der Waals surface area contributed by atoms with Crippen molar-refractivity contribution in [2.75, 3.05) is 38.5 Å². The van der Waals surface area contributed by atoms with E-state index in [0.29, 0.717) is 47.1 Å². The predicted octanol–water partition coefficient (Wildman–Crippen LogP) is 5.70. The summed E-state index contributed by atoms with van der Waals surface area (Å²) in [6.07, 6.45) is -10.1. The summed E-state index contributed by atoms with van der Waals surface area (Å²) in [7, 11) is -2.05. The average molecular weight is 669 g/mol. The fraction of sp³-hybridized carbons (Fsp3) is 0.292. The van der Waals surface area contributed by atoms with Crippen LogP contribution >= 0.6 is 22.9 Å². The molecule has 0 spiro atoms. The number of benzene rings is 1. The minimum Gasteiger partial charge on any atom is -0.404 e.